The molecule has 1 fully saturated rings. The summed E-state index contributed by atoms with van der Waals surface area (Å²) in [7, 11) is 3.26. The van der Waals surface area contributed by atoms with Gasteiger partial charge in [-0.2, -0.15) is 0 Å². The van der Waals surface area contributed by atoms with Crippen molar-refractivity contribution in [2.75, 3.05) is 52.3 Å². The molecule has 0 bridgehead atoms. The van der Waals surface area contributed by atoms with E-state index in [2.05, 4.69) is 15.1 Å². The van der Waals surface area contributed by atoms with E-state index in [-0.39, 0.29) is 11.7 Å². The number of hydrogen-bond donors (Lipinski definition) is 1. The topological polar surface area (TPSA) is 54.0 Å². The molecule has 28 heavy (non-hydrogen) atoms. The lowest BCUT2D eigenvalue weighted by atomic mass is 10.1. The standard InChI is InChI=1S/C21H26FN3O3/c1-27-19-8-3-16(13-20(19)28-2)14-24-9-11-25(12-10-24)15-21(26)23-18-6-4-17(22)5-7-18/h3-8,13H,9-12,14-15H2,1-2H3,(H,23,26). The monoisotopic (exact) mass is 387 g/mol. The Labute approximate surface area is 164 Å². The number of carbonyl (C=O) groups excluding carboxylic acids is 1. The molecule has 1 N–H and O–H groups in total. The highest BCUT2D eigenvalue weighted by Crippen LogP contribution is 2.28. The minimum Gasteiger partial charge on any atom is -0.493 e. The van der Waals surface area contributed by atoms with Crippen molar-refractivity contribution in [1.29, 1.82) is 0 Å². The van der Waals surface area contributed by atoms with E-state index in [1.807, 2.05) is 18.2 Å². The van der Waals surface area contributed by atoms with Crippen LogP contribution in [0.4, 0.5) is 10.1 Å². The van der Waals surface area contributed by atoms with Crippen molar-refractivity contribution in [3.63, 3.8) is 0 Å². The Morgan fingerprint density at radius 2 is 1.61 bits per heavy atom. The number of piperazine rings is 1. The van der Waals surface area contributed by atoms with Gasteiger partial charge in [-0.3, -0.25) is 14.6 Å². The third-order valence-electron chi connectivity index (χ3n) is 4.81. The molecule has 1 saturated heterocycles. The summed E-state index contributed by atoms with van der Waals surface area (Å²) in [6.07, 6.45) is 0. The quantitative estimate of drug-likeness (QED) is 0.792. The second-order valence-electron chi connectivity index (χ2n) is 6.80. The average molecular weight is 387 g/mol. The highest BCUT2D eigenvalue weighted by atomic mass is 19.1. The second-order valence-corrected chi connectivity index (χ2v) is 6.80. The Balaban J connectivity index is 1.45. The van der Waals surface area contributed by atoms with Gasteiger partial charge in [-0.15, -0.1) is 0 Å². The molecule has 0 aromatic heterocycles. The first kappa shape index (κ1) is 20.1. The van der Waals surface area contributed by atoms with Crippen molar-refractivity contribution in [2.24, 2.45) is 0 Å². The molecule has 0 aliphatic carbocycles. The summed E-state index contributed by atoms with van der Waals surface area (Å²) in [6.45, 7) is 4.59. The molecule has 2 aromatic carbocycles. The van der Waals surface area contributed by atoms with Crippen LogP contribution in [-0.2, 0) is 11.3 Å². The van der Waals surface area contributed by atoms with E-state index in [4.69, 9.17) is 9.47 Å². The molecule has 3 rings (SSSR count). The fourth-order valence-electron chi connectivity index (χ4n) is 3.28. The number of hydrogen-bond acceptors (Lipinski definition) is 5. The molecular formula is C21H26FN3O3. The van der Waals surface area contributed by atoms with Crippen LogP contribution in [-0.4, -0.2) is 62.7 Å². The average Bonchev–Trinajstić information content (AvgIpc) is 2.71. The number of rotatable bonds is 7. The molecule has 1 aliphatic heterocycles. The van der Waals surface area contributed by atoms with Gasteiger partial charge in [0.2, 0.25) is 5.91 Å². The van der Waals surface area contributed by atoms with Crippen LogP contribution in [0.25, 0.3) is 0 Å². The number of nitrogens with one attached hydrogen (secondary N) is 1. The summed E-state index contributed by atoms with van der Waals surface area (Å²) in [6, 6.07) is 11.8. The van der Waals surface area contributed by atoms with E-state index in [0.29, 0.717) is 12.2 Å². The Kier molecular flexibility index (Phi) is 6.84. The van der Waals surface area contributed by atoms with Crippen molar-refractivity contribution in [2.45, 2.75) is 6.54 Å². The van der Waals surface area contributed by atoms with Crippen molar-refractivity contribution in [3.8, 4) is 11.5 Å². The molecule has 0 atom stereocenters. The van der Waals surface area contributed by atoms with Gasteiger partial charge in [0, 0.05) is 38.4 Å². The molecule has 1 heterocycles. The van der Waals surface area contributed by atoms with E-state index < -0.39 is 0 Å². The number of methoxy groups -OCH3 is 2. The van der Waals surface area contributed by atoms with Gasteiger partial charge in [-0.25, -0.2) is 4.39 Å². The number of ether oxygens (including phenoxy) is 2. The van der Waals surface area contributed by atoms with Crippen LogP contribution < -0.4 is 14.8 Å². The molecule has 0 saturated carbocycles. The summed E-state index contributed by atoms with van der Waals surface area (Å²) in [5.41, 5.74) is 1.78. The molecular weight excluding hydrogens is 361 g/mol. The third-order valence-corrected chi connectivity index (χ3v) is 4.81. The summed E-state index contributed by atoms with van der Waals surface area (Å²) in [5.74, 6) is 1.06. The maximum atomic E-state index is 12.9. The van der Waals surface area contributed by atoms with Crippen LogP contribution in [0, 0.1) is 5.82 Å². The molecule has 2 aromatic rings. The number of amides is 1. The normalized spacial score (nSPS) is 15.2. The van der Waals surface area contributed by atoms with Crippen molar-refractivity contribution in [1.82, 2.24) is 9.80 Å². The van der Waals surface area contributed by atoms with Gasteiger partial charge in [0.05, 0.1) is 20.8 Å². The van der Waals surface area contributed by atoms with Crippen molar-refractivity contribution < 1.29 is 18.7 Å². The predicted molar refractivity (Wildman–Crippen MR) is 106 cm³/mol. The lowest BCUT2D eigenvalue weighted by molar-refractivity contribution is -0.117. The zero-order chi connectivity index (χ0) is 19.9. The molecule has 6 nitrogen and oxygen atoms in total. The Morgan fingerprint density at radius 1 is 0.964 bits per heavy atom. The number of benzene rings is 2. The van der Waals surface area contributed by atoms with Crippen molar-refractivity contribution >= 4 is 11.6 Å². The molecule has 0 radical (unpaired) electrons. The Hall–Kier alpha value is -2.64. The van der Waals surface area contributed by atoms with Gasteiger partial charge in [0.15, 0.2) is 11.5 Å². The fourth-order valence-corrected chi connectivity index (χ4v) is 3.28. The second kappa shape index (κ2) is 9.52. The highest BCUT2D eigenvalue weighted by molar-refractivity contribution is 5.92. The van der Waals surface area contributed by atoms with Gasteiger partial charge in [-0.05, 0) is 42.0 Å². The molecule has 1 amide bonds. The Morgan fingerprint density at radius 3 is 2.25 bits per heavy atom. The summed E-state index contributed by atoms with van der Waals surface area (Å²) < 4.78 is 23.6. The molecule has 7 heteroatoms. The first-order valence-corrected chi connectivity index (χ1v) is 9.28. The SMILES string of the molecule is COc1ccc(CN2CCN(CC(=O)Nc3ccc(F)cc3)CC2)cc1OC. The fraction of sp³-hybridized carbons (Fsp3) is 0.381. The highest BCUT2D eigenvalue weighted by Gasteiger charge is 2.19. The number of nitrogens with zero attached hydrogens (tertiary/aromatic N) is 2. The molecule has 150 valence electrons. The molecule has 0 unspecified atom stereocenters. The summed E-state index contributed by atoms with van der Waals surface area (Å²) in [5, 5.41) is 2.80. The first-order valence-electron chi connectivity index (χ1n) is 9.28. The number of carbonyl (C=O) groups is 1. The maximum Gasteiger partial charge on any atom is 0.238 e. The van der Waals surface area contributed by atoms with Crippen LogP contribution in [0.2, 0.25) is 0 Å². The lowest BCUT2D eigenvalue weighted by Gasteiger charge is -2.34. The van der Waals surface area contributed by atoms with Crippen LogP contribution in [0.3, 0.4) is 0 Å². The zero-order valence-electron chi connectivity index (χ0n) is 16.3. The minimum atomic E-state index is -0.316. The summed E-state index contributed by atoms with van der Waals surface area (Å²) >= 11 is 0. The summed E-state index contributed by atoms with van der Waals surface area (Å²) in [4.78, 5) is 16.7. The van der Waals surface area contributed by atoms with Crippen LogP contribution in [0.5, 0.6) is 11.5 Å². The maximum absolute atomic E-state index is 12.9. The number of anilines is 1. The number of halogens is 1. The van der Waals surface area contributed by atoms with E-state index in [1.54, 1.807) is 26.4 Å². The third kappa shape index (κ3) is 5.43. The van der Waals surface area contributed by atoms with Crippen molar-refractivity contribution in [3.05, 3.63) is 53.8 Å². The van der Waals surface area contributed by atoms with Crippen LogP contribution in [0.15, 0.2) is 42.5 Å². The zero-order valence-corrected chi connectivity index (χ0v) is 16.3. The molecule has 0 spiro atoms. The van der Waals surface area contributed by atoms with E-state index in [9.17, 15) is 9.18 Å². The Bertz CT molecular complexity index is 790. The van der Waals surface area contributed by atoms with Crippen LogP contribution >= 0.6 is 0 Å². The smallest absolute Gasteiger partial charge is 0.238 e. The van der Waals surface area contributed by atoms with Gasteiger partial charge in [0.1, 0.15) is 5.82 Å². The van der Waals surface area contributed by atoms with E-state index in [1.165, 1.54) is 17.7 Å². The predicted octanol–water partition coefficient (Wildman–Crippen LogP) is 2.60. The van der Waals surface area contributed by atoms with Crippen LogP contribution in [0.1, 0.15) is 5.56 Å². The van der Waals surface area contributed by atoms with Gasteiger partial charge >= 0.3 is 0 Å². The van der Waals surface area contributed by atoms with E-state index >= 15 is 0 Å². The molecule has 1 aliphatic rings. The largest absolute Gasteiger partial charge is 0.493 e. The van der Waals surface area contributed by atoms with Gasteiger partial charge in [0.25, 0.3) is 0 Å². The minimum absolute atomic E-state index is 0.0834. The first-order chi connectivity index (χ1) is 13.6. The van der Waals surface area contributed by atoms with Gasteiger partial charge < -0.3 is 14.8 Å². The van der Waals surface area contributed by atoms with Gasteiger partial charge in [-0.1, -0.05) is 6.07 Å². The van der Waals surface area contributed by atoms with E-state index in [0.717, 1.165) is 44.2 Å². The lowest BCUT2D eigenvalue weighted by Crippen LogP contribution is -2.48.